The summed E-state index contributed by atoms with van der Waals surface area (Å²) in [7, 11) is 1.66. The molecule has 8 heteroatoms. The van der Waals surface area contributed by atoms with Crippen LogP contribution in [0.3, 0.4) is 0 Å². The fraction of sp³-hybridized carbons (Fsp3) is 0.118. The summed E-state index contributed by atoms with van der Waals surface area (Å²) in [4.78, 5) is 0. The third-order valence-corrected chi connectivity index (χ3v) is 3.55. The van der Waals surface area contributed by atoms with Gasteiger partial charge in [-0.25, -0.2) is 0 Å². The lowest BCUT2D eigenvalue weighted by Gasteiger charge is -2.06. The minimum Gasteiger partial charge on any atom is -0.382 e. The summed E-state index contributed by atoms with van der Waals surface area (Å²) in [5.74, 6) is 0.273. The third kappa shape index (κ3) is 3.52. The second-order valence-electron chi connectivity index (χ2n) is 5.32. The van der Waals surface area contributed by atoms with E-state index in [1.807, 2.05) is 30.3 Å². The maximum Gasteiger partial charge on any atom is 0.416 e. The lowest BCUT2D eigenvalue weighted by Crippen LogP contribution is -2.03. The summed E-state index contributed by atoms with van der Waals surface area (Å²) in [6, 6.07) is 13.8. The van der Waals surface area contributed by atoms with Gasteiger partial charge in [-0.1, -0.05) is 36.4 Å². The minimum atomic E-state index is -4.44. The molecule has 0 aliphatic heterocycles. The number of hydrogen-bond donors (Lipinski definition) is 1. The molecular weight excluding hydrogens is 331 g/mol. The van der Waals surface area contributed by atoms with Gasteiger partial charge in [0, 0.05) is 12.6 Å². The number of alkyl halides is 3. The van der Waals surface area contributed by atoms with Gasteiger partial charge in [0.2, 0.25) is 0 Å². The second-order valence-corrected chi connectivity index (χ2v) is 5.32. The van der Waals surface area contributed by atoms with Gasteiger partial charge in [-0.2, -0.15) is 23.4 Å². The SMILES string of the molecule is Cn1nc(-c2ccccc2)c(N=Nc2cccc(C(F)(F)F)c2)c1N. The summed E-state index contributed by atoms with van der Waals surface area (Å²) in [6.45, 7) is 0. The molecule has 0 amide bonds. The van der Waals surface area contributed by atoms with Gasteiger partial charge in [0.05, 0.1) is 11.3 Å². The molecule has 0 aliphatic rings. The predicted octanol–water partition coefficient (Wildman–Crippen LogP) is 5.10. The Morgan fingerprint density at radius 2 is 1.72 bits per heavy atom. The highest BCUT2D eigenvalue weighted by Crippen LogP contribution is 2.36. The first-order valence-electron chi connectivity index (χ1n) is 7.33. The van der Waals surface area contributed by atoms with E-state index in [9.17, 15) is 13.2 Å². The van der Waals surface area contributed by atoms with Crippen LogP contribution in [-0.2, 0) is 13.2 Å². The topological polar surface area (TPSA) is 68.6 Å². The van der Waals surface area contributed by atoms with Crippen molar-refractivity contribution in [3.05, 3.63) is 60.2 Å². The molecule has 0 aliphatic carbocycles. The Hall–Kier alpha value is -3.16. The van der Waals surface area contributed by atoms with Crippen LogP contribution in [0.2, 0.25) is 0 Å². The van der Waals surface area contributed by atoms with Crippen LogP contribution in [0.4, 0.5) is 30.4 Å². The van der Waals surface area contributed by atoms with Gasteiger partial charge in [0.25, 0.3) is 0 Å². The monoisotopic (exact) mass is 345 g/mol. The summed E-state index contributed by atoms with van der Waals surface area (Å²) >= 11 is 0. The van der Waals surface area contributed by atoms with Gasteiger partial charge in [-0.05, 0) is 18.2 Å². The maximum absolute atomic E-state index is 12.8. The van der Waals surface area contributed by atoms with Crippen LogP contribution in [0, 0.1) is 0 Å². The number of hydrogen-bond acceptors (Lipinski definition) is 4. The van der Waals surface area contributed by atoms with Crippen molar-refractivity contribution in [3.8, 4) is 11.3 Å². The highest BCUT2D eigenvalue weighted by atomic mass is 19.4. The van der Waals surface area contributed by atoms with Gasteiger partial charge in [-0.15, -0.1) is 5.11 Å². The Bertz CT molecular complexity index is 914. The number of nitrogen functional groups attached to an aromatic ring is 1. The van der Waals surface area contributed by atoms with E-state index in [1.165, 1.54) is 16.8 Å². The average Bonchev–Trinajstić information content (AvgIpc) is 2.88. The fourth-order valence-electron chi connectivity index (χ4n) is 2.27. The van der Waals surface area contributed by atoms with Crippen LogP contribution in [0.15, 0.2) is 64.8 Å². The second kappa shape index (κ2) is 6.39. The van der Waals surface area contributed by atoms with E-state index >= 15 is 0 Å². The number of nitrogens with two attached hydrogens (primary N) is 1. The molecule has 128 valence electrons. The molecule has 25 heavy (non-hydrogen) atoms. The van der Waals surface area contributed by atoms with E-state index in [1.54, 1.807) is 7.05 Å². The number of anilines is 1. The summed E-state index contributed by atoms with van der Waals surface area (Å²) in [5, 5.41) is 12.3. The number of aryl methyl sites for hydroxylation is 1. The molecule has 1 aromatic heterocycles. The van der Waals surface area contributed by atoms with Crippen LogP contribution < -0.4 is 5.73 Å². The van der Waals surface area contributed by atoms with Crippen LogP contribution in [-0.4, -0.2) is 9.78 Å². The quantitative estimate of drug-likeness (QED) is 0.671. The summed E-state index contributed by atoms with van der Waals surface area (Å²) < 4.78 is 39.8. The van der Waals surface area contributed by atoms with Crippen LogP contribution in [0.1, 0.15) is 5.56 Å². The average molecular weight is 345 g/mol. The van der Waals surface area contributed by atoms with Crippen LogP contribution in [0.5, 0.6) is 0 Å². The highest BCUT2D eigenvalue weighted by Gasteiger charge is 2.30. The van der Waals surface area contributed by atoms with Crippen molar-refractivity contribution in [2.24, 2.45) is 17.3 Å². The smallest absolute Gasteiger partial charge is 0.382 e. The van der Waals surface area contributed by atoms with Crippen molar-refractivity contribution in [1.82, 2.24) is 9.78 Å². The van der Waals surface area contributed by atoms with E-state index in [2.05, 4.69) is 15.3 Å². The van der Waals surface area contributed by atoms with Gasteiger partial charge < -0.3 is 5.73 Å². The van der Waals surface area contributed by atoms with E-state index in [4.69, 9.17) is 5.73 Å². The van der Waals surface area contributed by atoms with E-state index in [0.29, 0.717) is 11.4 Å². The zero-order chi connectivity index (χ0) is 18.0. The standard InChI is InChI=1S/C17H14F3N5/c1-25-16(21)15(14(24-25)11-6-3-2-4-7-11)23-22-13-9-5-8-12(10-13)17(18,19)20/h2-10H,21H2,1H3. The number of aromatic nitrogens is 2. The number of rotatable bonds is 3. The Morgan fingerprint density at radius 3 is 2.40 bits per heavy atom. The van der Waals surface area contributed by atoms with Crippen molar-refractivity contribution in [1.29, 1.82) is 0 Å². The van der Waals surface area contributed by atoms with Crippen LogP contribution in [0.25, 0.3) is 11.3 Å². The first kappa shape index (κ1) is 16.7. The highest BCUT2D eigenvalue weighted by molar-refractivity contribution is 5.79. The molecule has 2 N–H and O–H groups in total. The summed E-state index contributed by atoms with van der Waals surface area (Å²) in [5.41, 5.74) is 6.87. The largest absolute Gasteiger partial charge is 0.416 e. The molecule has 0 fully saturated rings. The molecule has 3 aromatic rings. The lowest BCUT2D eigenvalue weighted by molar-refractivity contribution is -0.137. The molecular formula is C17H14F3N5. The molecule has 0 spiro atoms. The maximum atomic E-state index is 12.8. The Labute approximate surface area is 141 Å². The number of azo groups is 1. The number of benzene rings is 2. The Kier molecular flexibility index (Phi) is 4.26. The van der Waals surface area contributed by atoms with E-state index in [0.717, 1.165) is 17.7 Å². The molecule has 1 heterocycles. The van der Waals surface area contributed by atoms with Crippen molar-refractivity contribution < 1.29 is 13.2 Å². The van der Waals surface area contributed by atoms with Gasteiger partial charge in [-0.3, -0.25) is 4.68 Å². The van der Waals surface area contributed by atoms with Gasteiger partial charge in [0.15, 0.2) is 5.69 Å². The first-order valence-corrected chi connectivity index (χ1v) is 7.33. The fourth-order valence-corrected chi connectivity index (χ4v) is 2.27. The summed E-state index contributed by atoms with van der Waals surface area (Å²) in [6.07, 6.45) is -4.44. The first-order chi connectivity index (χ1) is 11.9. The lowest BCUT2D eigenvalue weighted by atomic mass is 10.1. The molecule has 3 rings (SSSR count). The predicted molar refractivity (Wildman–Crippen MR) is 88.7 cm³/mol. The van der Waals surface area contributed by atoms with Crippen molar-refractivity contribution in [2.45, 2.75) is 6.18 Å². The molecule has 0 unspecified atom stereocenters. The molecule has 0 saturated heterocycles. The Morgan fingerprint density at radius 1 is 1.00 bits per heavy atom. The van der Waals surface area contributed by atoms with Crippen molar-refractivity contribution >= 4 is 17.2 Å². The molecule has 2 aromatic carbocycles. The van der Waals surface area contributed by atoms with Crippen LogP contribution >= 0.6 is 0 Å². The molecule has 0 radical (unpaired) electrons. The van der Waals surface area contributed by atoms with Crippen molar-refractivity contribution in [2.75, 3.05) is 5.73 Å². The van der Waals surface area contributed by atoms with Crippen molar-refractivity contribution in [3.63, 3.8) is 0 Å². The Balaban J connectivity index is 2.00. The molecule has 5 nitrogen and oxygen atoms in total. The normalized spacial score (nSPS) is 12.0. The van der Waals surface area contributed by atoms with E-state index < -0.39 is 11.7 Å². The molecule has 0 saturated carbocycles. The third-order valence-electron chi connectivity index (χ3n) is 3.55. The van der Waals surface area contributed by atoms with E-state index in [-0.39, 0.29) is 11.5 Å². The number of nitrogens with zero attached hydrogens (tertiary/aromatic N) is 4. The van der Waals surface area contributed by atoms with Gasteiger partial charge >= 0.3 is 6.18 Å². The molecule has 0 atom stereocenters. The zero-order valence-corrected chi connectivity index (χ0v) is 13.2. The minimum absolute atomic E-state index is 0.0806. The number of halogens is 3. The van der Waals surface area contributed by atoms with Gasteiger partial charge in [0.1, 0.15) is 11.5 Å². The zero-order valence-electron chi connectivity index (χ0n) is 13.2. The molecule has 0 bridgehead atoms.